The van der Waals surface area contributed by atoms with Crippen LogP contribution in [0.4, 0.5) is 4.39 Å². The fourth-order valence-corrected chi connectivity index (χ4v) is 2.79. The molecule has 1 aliphatic heterocycles. The lowest BCUT2D eigenvalue weighted by Crippen LogP contribution is -2.48. The molecule has 7 heteroatoms. The maximum Gasteiger partial charge on any atom is 0.124 e. The molecule has 2 heterocycles. The molecule has 1 aromatic carbocycles. The molecule has 0 bridgehead atoms. The Morgan fingerprint density at radius 2 is 2.33 bits per heavy atom. The van der Waals surface area contributed by atoms with Crippen LogP contribution in [-0.4, -0.2) is 45.6 Å². The highest BCUT2D eigenvalue weighted by molar-refractivity contribution is 6.32. The lowest BCUT2D eigenvalue weighted by Gasteiger charge is -2.30. The first-order valence-electron chi connectivity index (χ1n) is 6.94. The Labute approximate surface area is 127 Å². The molecule has 1 aliphatic rings. The van der Waals surface area contributed by atoms with E-state index in [4.69, 9.17) is 11.6 Å². The summed E-state index contributed by atoms with van der Waals surface area (Å²) in [5.74, 6) is -0.362. The van der Waals surface area contributed by atoms with Crippen molar-refractivity contribution in [3.63, 3.8) is 0 Å². The predicted molar refractivity (Wildman–Crippen MR) is 79.1 cm³/mol. The van der Waals surface area contributed by atoms with Crippen LogP contribution >= 0.6 is 11.6 Å². The number of aromatic nitrogens is 3. The first-order chi connectivity index (χ1) is 10.1. The standard InChI is InChI=1S/C14H17ClFN5/c1-10-7-20(5-4-17-10)8-12-9-21(19-18-12)14-3-2-11(16)6-13(14)15/h2-3,6,9-10,17H,4-5,7-8H2,1H3/t10-/m1/s1. The Morgan fingerprint density at radius 3 is 3.10 bits per heavy atom. The molecule has 5 nitrogen and oxygen atoms in total. The molecule has 1 N–H and O–H groups in total. The second-order valence-corrected chi connectivity index (χ2v) is 5.75. The van der Waals surface area contributed by atoms with Crippen molar-refractivity contribution in [3.8, 4) is 5.69 Å². The van der Waals surface area contributed by atoms with Crippen LogP contribution in [0.2, 0.25) is 5.02 Å². The van der Waals surface area contributed by atoms with Gasteiger partial charge >= 0.3 is 0 Å². The van der Waals surface area contributed by atoms with E-state index in [1.54, 1.807) is 10.7 Å². The van der Waals surface area contributed by atoms with Crippen LogP contribution in [0.3, 0.4) is 0 Å². The summed E-state index contributed by atoms with van der Waals surface area (Å²) in [6.07, 6.45) is 1.84. The number of benzene rings is 1. The summed E-state index contributed by atoms with van der Waals surface area (Å²) in [7, 11) is 0. The summed E-state index contributed by atoms with van der Waals surface area (Å²) >= 11 is 6.04. The zero-order valence-corrected chi connectivity index (χ0v) is 12.5. The third-order valence-corrected chi connectivity index (χ3v) is 3.84. The number of halogens is 2. The highest BCUT2D eigenvalue weighted by atomic mass is 35.5. The Morgan fingerprint density at radius 1 is 1.48 bits per heavy atom. The molecule has 0 unspecified atom stereocenters. The molecule has 3 rings (SSSR count). The minimum atomic E-state index is -0.362. The third-order valence-electron chi connectivity index (χ3n) is 3.54. The van der Waals surface area contributed by atoms with E-state index in [0.717, 1.165) is 31.9 Å². The van der Waals surface area contributed by atoms with Crippen LogP contribution < -0.4 is 5.32 Å². The molecule has 0 saturated carbocycles. The molecule has 1 fully saturated rings. The van der Waals surface area contributed by atoms with E-state index in [0.29, 0.717) is 16.8 Å². The molecule has 2 aromatic rings. The minimum absolute atomic E-state index is 0.322. The summed E-state index contributed by atoms with van der Waals surface area (Å²) in [4.78, 5) is 2.34. The molecule has 0 amide bonds. The molecule has 0 spiro atoms. The van der Waals surface area contributed by atoms with Crippen molar-refractivity contribution in [3.05, 3.63) is 40.9 Å². The molecule has 0 aliphatic carbocycles. The van der Waals surface area contributed by atoms with Gasteiger partial charge in [-0.05, 0) is 25.1 Å². The first-order valence-corrected chi connectivity index (χ1v) is 7.32. The third kappa shape index (κ3) is 3.40. The van der Waals surface area contributed by atoms with Gasteiger partial charge in [0.2, 0.25) is 0 Å². The van der Waals surface area contributed by atoms with Crippen LogP contribution in [0.1, 0.15) is 12.6 Å². The highest BCUT2D eigenvalue weighted by Gasteiger charge is 2.17. The number of hydrogen-bond donors (Lipinski definition) is 1. The van der Waals surface area contributed by atoms with Gasteiger partial charge in [-0.25, -0.2) is 9.07 Å². The van der Waals surface area contributed by atoms with Crippen molar-refractivity contribution < 1.29 is 4.39 Å². The summed E-state index contributed by atoms with van der Waals surface area (Å²) in [6, 6.07) is 4.72. The van der Waals surface area contributed by atoms with Crippen molar-refractivity contribution >= 4 is 11.6 Å². The number of nitrogens with one attached hydrogen (secondary N) is 1. The van der Waals surface area contributed by atoms with Gasteiger partial charge in [-0.3, -0.25) is 4.90 Å². The van der Waals surface area contributed by atoms with Crippen LogP contribution in [0.5, 0.6) is 0 Å². The lowest BCUT2D eigenvalue weighted by molar-refractivity contribution is 0.197. The Balaban J connectivity index is 1.74. The van der Waals surface area contributed by atoms with Crippen molar-refractivity contribution in [1.29, 1.82) is 0 Å². The first kappa shape index (κ1) is 14.4. The van der Waals surface area contributed by atoms with Crippen LogP contribution in [0.15, 0.2) is 24.4 Å². The van der Waals surface area contributed by atoms with Crippen molar-refractivity contribution in [2.24, 2.45) is 0 Å². The molecule has 0 radical (unpaired) electrons. The zero-order valence-electron chi connectivity index (χ0n) is 11.8. The SMILES string of the molecule is C[C@@H]1CN(Cc2cn(-c3ccc(F)cc3Cl)nn2)CCN1. The molecule has 21 heavy (non-hydrogen) atoms. The maximum atomic E-state index is 13.1. The van der Waals surface area contributed by atoms with Crippen molar-refractivity contribution in [2.45, 2.75) is 19.5 Å². The monoisotopic (exact) mass is 309 g/mol. The van der Waals surface area contributed by atoms with E-state index in [2.05, 4.69) is 27.5 Å². The van der Waals surface area contributed by atoms with E-state index < -0.39 is 0 Å². The quantitative estimate of drug-likeness (QED) is 0.940. The van der Waals surface area contributed by atoms with Gasteiger partial charge < -0.3 is 5.32 Å². The van der Waals surface area contributed by atoms with Crippen LogP contribution in [0.25, 0.3) is 5.69 Å². The molecular formula is C14H17ClFN5. The van der Waals surface area contributed by atoms with Gasteiger partial charge in [0.25, 0.3) is 0 Å². The highest BCUT2D eigenvalue weighted by Crippen LogP contribution is 2.20. The number of piperazine rings is 1. The molecule has 112 valence electrons. The molecule has 1 aromatic heterocycles. The maximum absolute atomic E-state index is 13.1. The van der Waals surface area contributed by atoms with Gasteiger partial charge in [-0.1, -0.05) is 16.8 Å². The lowest BCUT2D eigenvalue weighted by atomic mass is 10.2. The van der Waals surface area contributed by atoms with E-state index in [9.17, 15) is 4.39 Å². The fourth-order valence-electron chi connectivity index (χ4n) is 2.54. The average molecular weight is 310 g/mol. The summed E-state index contributed by atoms with van der Waals surface area (Å²) < 4.78 is 14.7. The molecular weight excluding hydrogens is 293 g/mol. The van der Waals surface area contributed by atoms with E-state index >= 15 is 0 Å². The van der Waals surface area contributed by atoms with E-state index in [1.807, 2.05) is 6.20 Å². The van der Waals surface area contributed by atoms with E-state index in [-0.39, 0.29) is 5.82 Å². The molecule has 1 saturated heterocycles. The second-order valence-electron chi connectivity index (χ2n) is 5.34. The number of rotatable bonds is 3. The topological polar surface area (TPSA) is 46.0 Å². The number of nitrogens with zero attached hydrogens (tertiary/aromatic N) is 4. The van der Waals surface area contributed by atoms with Crippen LogP contribution in [-0.2, 0) is 6.54 Å². The second kappa shape index (κ2) is 6.09. The predicted octanol–water partition coefficient (Wildman–Crippen LogP) is 1.85. The average Bonchev–Trinajstić information content (AvgIpc) is 2.87. The zero-order chi connectivity index (χ0) is 14.8. The van der Waals surface area contributed by atoms with Gasteiger partial charge in [0, 0.05) is 32.2 Å². The van der Waals surface area contributed by atoms with Gasteiger partial charge in [0.15, 0.2) is 0 Å². The van der Waals surface area contributed by atoms with Crippen LogP contribution in [0, 0.1) is 5.82 Å². The minimum Gasteiger partial charge on any atom is -0.312 e. The smallest absolute Gasteiger partial charge is 0.124 e. The summed E-state index contributed by atoms with van der Waals surface area (Å²) in [6.45, 7) is 5.89. The normalized spacial score (nSPS) is 19.9. The van der Waals surface area contributed by atoms with Crippen molar-refractivity contribution in [2.75, 3.05) is 19.6 Å². The Bertz CT molecular complexity index is 630. The molecule has 1 atom stereocenters. The Kier molecular flexibility index (Phi) is 4.19. The Hall–Kier alpha value is -1.50. The summed E-state index contributed by atoms with van der Waals surface area (Å²) in [5, 5.41) is 12.0. The van der Waals surface area contributed by atoms with Gasteiger partial charge in [-0.15, -0.1) is 5.10 Å². The van der Waals surface area contributed by atoms with E-state index in [1.165, 1.54) is 12.1 Å². The fraction of sp³-hybridized carbons (Fsp3) is 0.429. The van der Waals surface area contributed by atoms with Gasteiger partial charge in [0.05, 0.1) is 22.6 Å². The van der Waals surface area contributed by atoms with Gasteiger partial charge in [0.1, 0.15) is 5.82 Å². The van der Waals surface area contributed by atoms with Crippen molar-refractivity contribution in [1.82, 2.24) is 25.2 Å². The van der Waals surface area contributed by atoms with Gasteiger partial charge in [-0.2, -0.15) is 0 Å². The largest absolute Gasteiger partial charge is 0.312 e. The number of hydrogen-bond acceptors (Lipinski definition) is 4. The summed E-state index contributed by atoms with van der Waals surface area (Å²) in [5.41, 5.74) is 1.51.